The van der Waals surface area contributed by atoms with Crippen LogP contribution in [0.5, 0.6) is 5.75 Å². The summed E-state index contributed by atoms with van der Waals surface area (Å²) in [5, 5.41) is 9.90. The summed E-state index contributed by atoms with van der Waals surface area (Å²) in [6, 6.07) is 24.5. The van der Waals surface area contributed by atoms with Crippen molar-refractivity contribution >= 4 is 17.2 Å². The fourth-order valence-electron chi connectivity index (χ4n) is 3.27. The molecule has 0 unspecified atom stereocenters. The summed E-state index contributed by atoms with van der Waals surface area (Å²) in [6.07, 6.45) is 3.88. The minimum Gasteiger partial charge on any atom is -0.487 e. The van der Waals surface area contributed by atoms with E-state index in [9.17, 15) is 4.79 Å². The molecule has 0 aliphatic heterocycles. The topological polar surface area (TPSA) is 84.3 Å². The van der Waals surface area contributed by atoms with Crippen LogP contribution < -0.4 is 10.1 Å². The van der Waals surface area contributed by atoms with Gasteiger partial charge in [-0.25, -0.2) is 4.98 Å². The van der Waals surface area contributed by atoms with Gasteiger partial charge in [0.25, 0.3) is 5.91 Å². The molecule has 7 nitrogen and oxygen atoms in total. The molecule has 2 aromatic carbocycles. The molecular formula is C24H19N5O2. The minimum atomic E-state index is -0.271. The number of benzene rings is 2. The summed E-state index contributed by atoms with van der Waals surface area (Å²) < 4.78 is 7.81. The fraction of sp³-hybridized carbons (Fsp3) is 0.0417. The van der Waals surface area contributed by atoms with Gasteiger partial charge in [0.2, 0.25) is 0 Å². The van der Waals surface area contributed by atoms with E-state index in [1.807, 2.05) is 83.5 Å². The lowest BCUT2D eigenvalue weighted by Crippen LogP contribution is -2.12. The molecule has 0 saturated carbocycles. The first-order chi connectivity index (χ1) is 15.2. The molecule has 0 bridgehead atoms. The van der Waals surface area contributed by atoms with Gasteiger partial charge in [0, 0.05) is 29.7 Å². The lowest BCUT2D eigenvalue weighted by atomic mass is 10.1. The SMILES string of the molecule is O=C(Nc1cccc(OCc2cn3ccccc3n2)c1)c1cc(-c2ccccc2)n[nH]1. The smallest absolute Gasteiger partial charge is 0.273 e. The Labute approximate surface area is 178 Å². The number of hydrogen-bond donors (Lipinski definition) is 2. The number of carbonyl (C=O) groups is 1. The number of H-pyrrole nitrogens is 1. The molecular weight excluding hydrogens is 390 g/mol. The monoisotopic (exact) mass is 409 g/mol. The maximum absolute atomic E-state index is 12.6. The van der Waals surface area contributed by atoms with Crippen molar-refractivity contribution in [2.75, 3.05) is 5.32 Å². The van der Waals surface area contributed by atoms with Crippen molar-refractivity contribution in [1.82, 2.24) is 19.6 Å². The van der Waals surface area contributed by atoms with Gasteiger partial charge in [-0.3, -0.25) is 9.89 Å². The van der Waals surface area contributed by atoms with E-state index in [1.54, 1.807) is 12.1 Å². The van der Waals surface area contributed by atoms with E-state index in [-0.39, 0.29) is 5.91 Å². The Hall–Kier alpha value is -4.39. The van der Waals surface area contributed by atoms with Gasteiger partial charge >= 0.3 is 0 Å². The van der Waals surface area contributed by atoms with Gasteiger partial charge in [-0.05, 0) is 30.3 Å². The predicted octanol–water partition coefficient (Wildman–Crippen LogP) is 4.56. The number of ether oxygens (including phenoxy) is 1. The third-order valence-electron chi connectivity index (χ3n) is 4.78. The Morgan fingerprint density at radius 1 is 1.00 bits per heavy atom. The van der Waals surface area contributed by atoms with Crippen LogP contribution in [-0.4, -0.2) is 25.5 Å². The standard InChI is InChI=1S/C24H19N5O2/c30-24(22-14-21(27-28-22)17-7-2-1-3-8-17)26-18-9-6-10-20(13-18)31-16-19-15-29-12-5-4-11-23(29)25-19/h1-15H,16H2,(H,26,30)(H,27,28). The zero-order chi connectivity index (χ0) is 21.0. The Morgan fingerprint density at radius 2 is 1.87 bits per heavy atom. The average Bonchev–Trinajstić information content (AvgIpc) is 3.46. The van der Waals surface area contributed by atoms with E-state index in [1.165, 1.54) is 0 Å². The van der Waals surface area contributed by atoms with Crippen molar-refractivity contribution in [1.29, 1.82) is 0 Å². The molecule has 2 N–H and O–H groups in total. The van der Waals surface area contributed by atoms with Crippen molar-refractivity contribution in [2.45, 2.75) is 6.61 Å². The average molecular weight is 409 g/mol. The summed E-state index contributed by atoms with van der Waals surface area (Å²) in [7, 11) is 0. The Bertz CT molecular complexity index is 1310. The molecule has 3 heterocycles. The number of hydrogen-bond acceptors (Lipinski definition) is 4. The molecule has 0 atom stereocenters. The van der Waals surface area contributed by atoms with Gasteiger partial charge in [0.1, 0.15) is 23.7 Å². The van der Waals surface area contributed by atoms with Crippen LogP contribution in [0.4, 0.5) is 5.69 Å². The minimum absolute atomic E-state index is 0.271. The highest BCUT2D eigenvalue weighted by Gasteiger charge is 2.12. The quantitative estimate of drug-likeness (QED) is 0.431. The molecule has 0 spiro atoms. The van der Waals surface area contributed by atoms with E-state index in [4.69, 9.17) is 4.74 Å². The molecule has 5 aromatic rings. The lowest BCUT2D eigenvalue weighted by molar-refractivity contribution is 0.102. The molecule has 3 aromatic heterocycles. The second kappa shape index (κ2) is 8.16. The molecule has 0 aliphatic carbocycles. The van der Waals surface area contributed by atoms with Gasteiger partial charge in [-0.1, -0.05) is 42.5 Å². The molecule has 5 rings (SSSR count). The van der Waals surface area contributed by atoms with Crippen molar-refractivity contribution in [3.8, 4) is 17.0 Å². The lowest BCUT2D eigenvalue weighted by Gasteiger charge is -2.07. The number of nitrogens with one attached hydrogen (secondary N) is 2. The van der Waals surface area contributed by atoms with Crippen LogP contribution in [0.1, 0.15) is 16.2 Å². The van der Waals surface area contributed by atoms with E-state index < -0.39 is 0 Å². The van der Waals surface area contributed by atoms with Crippen LogP contribution in [0.15, 0.2) is 91.3 Å². The van der Waals surface area contributed by atoms with E-state index >= 15 is 0 Å². The number of nitrogens with zero attached hydrogens (tertiary/aromatic N) is 3. The van der Waals surface area contributed by atoms with E-state index in [2.05, 4.69) is 20.5 Å². The van der Waals surface area contributed by atoms with Crippen molar-refractivity contribution in [3.05, 3.63) is 103 Å². The normalized spacial score (nSPS) is 10.8. The number of fused-ring (bicyclic) bond motifs is 1. The zero-order valence-corrected chi connectivity index (χ0v) is 16.5. The third-order valence-corrected chi connectivity index (χ3v) is 4.78. The predicted molar refractivity (Wildman–Crippen MR) is 118 cm³/mol. The number of amides is 1. The highest BCUT2D eigenvalue weighted by molar-refractivity contribution is 6.03. The summed E-state index contributed by atoms with van der Waals surface area (Å²) in [6.45, 7) is 0.333. The first-order valence-electron chi connectivity index (χ1n) is 9.82. The van der Waals surface area contributed by atoms with Crippen molar-refractivity contribution in [3.63, 3.8) is 0 Å². The number of aromatic nitrogens is 4. The maximum atomic E-state index is 12.6. The molecule has 31 heavy (non-hydrogen) atoms. The second-order valence-corrected chi connectivity index (χ2v) is 7.00. The molecule has 0 saturated heterocycles. The van der Waals surface area contributed by atoms with Crippen molar-refractivity contribution < 1.29 is 9.53 Å². The van der Waals surface area contributed by atoms with Gasteiger partial charge < -0.3 is 14.5 Å². The van der Waals surface area contributed by atoms with Gasteiger partial charge in [-0.2, -0.15) is 5.10 Å². The number of imidazole rings is 1. The van der Waals surface area contributed by atoms with Crippen LogP contribution in [0.3, 0.4) is 0 Å². The van der Waals surface area contributed by atoms with Crippen LogP contribution >= 0.6 is 0 Å². The molecule has 7 heteroatoms. The Kier molecular flexibility index (Phi) is 4.90. The first-order valence-corrected chi connectivity index (χ1v) is 9.82. The molecule has 0 radical (unpaired) electrons. The van der Waals surface area contributed by atoms with Gasteiger partial charge in [0.15, 0.2) is 0 Å². The van der Waals surface area contributed by atoms with Crippen molar-refractivity contribution in [2.24, 2.45) is 0 Å². The number of anilines is 1. The van der Waals surface area contributed by atoms with Crippen LogP contribution in [0, 0.1) is 0 Å². The zero-order valence-electron chi connectivity index (χ0n) is 16.5. The van der Waals surface area contributed by atoms with Crippen LogP contribution in [0.2, 0.25) is 0 Å². The maximum Gasteiger partial charge on any atom is 0.273 e. The number of pyridine rings is 1. The molecule has 0 aliphatic rings. The fourth-order valence-corrected chi connectivity index (χ4v) is 3.27. The first kappa shape index (κ1) is 18.6. The summed E-state index contributed by atoms with van der Waals surface area (Å²) in [4.78, 5) is 17.1. The summed E-state index contributed by atoms with van der Waals surface area (Å²) in [5.41, 5.74) is 4.38. The summed E-state index contributed by atoms with van der Waals surface area (Å²) in [5.74, 6) is 0.372. The number of carbonyl (C=O) groups excluding carboxylic acids is 1. The van der Waals surface area contributed by atoms with Gasteiger partial charge in [0.05, 0.1) is 11.4 Å². The summed E-state index contributed by atoms with van der Waals surface area (Å²) >= 11 is 0. The molecule has 152 valence electrons. The number of rotatable bonds is 6. The highest BCUT2D eigenvalue weighted by atomic mass is 16.5. The molecule has 0 fully saturated rings. The second-order valence-electron chi connectivity index (χ2n) is 7.00. The Morgan fingerprint density at radius 3 is 2.74 bits per heavy atom. The third kappa shape index (κ3) is 4.16. The van der Waals surface area contributed by atoms with Crippen LogP contribution in [-0.2, 0) is 6.61 Å². The van der Waals surface area contributed by atoms with E-state index in [0.29, 0.717) is 23.7 Å². The number of aromatic amines is 1. The van der Waals surface area contributed by atoms with Gasteiger partial charge in [-0.15, -0.1) is 0 Å². The highest BCUT2D eigenvalue weighted by Crippen LogP contribution is 2.21. The largest absolute Gasteiger partial charge is 0.487 e. The Balaban J connectivity index is 1.25. The molecule has 1 amide bonds. The van der Waals surface area contributed by atoms with E-state index in [0.717, 1.165) is 22.6 Å². The van der Waals surface area contributed by atoms with Crippen LogP contribution in [0.25, 0.3) is 16.9 Å².